The van der Waals surface area contributed by atoms with Crippen molar-refractivity contribution in [3.8, 4) is 0 Å². The highest BCUT2D eigenvalue weighted by Crippen LogP contribution is 2.11. The summed E-state index contributed by atoms with van der Waals surface area (Å²) in [5, 5.41) is 14.3. The van der Waals surface area contributed by atoms with E-state index >= 15 is 0 Å². The maximum absolute atomic E-state index is 10.1. The van der Waals surface area contributed by atoms with E-state index in [4.69, 9.17) is 4.74 Å². The van der Waals surface area contributed by atoms with Gasteiger partial charge in [0.15, 0.2) is 0 Å². The van der Waals surface area contributed by atoms with E-state index in [0.717, 1.165) is 17.8 Å². The molecule has 16 heavy (non-hydrogen) atoms. The first-order valence-corrected chi connectivity index (χ1v) is 5.87. The number of aliphatic hydroxyl groups is 1. The molecule has 0 aliphatic carbocycles. The molecule has 0 aliphatic rings. The lowest BCUT2D eigenvalue weighted by Crippen LogP contribution is -2.31. The van der Waals surface area contributed by atoms with Crippen molar-refractivity contribution in [2.45, 2.75) is 45.8 Å². The Morgan fingerprint density at radius 3 is 2.62 bits per heavy atom. The van der Waals surface area contributed by atoms with Crippen molar-refractivity contribution < 1.29 is 9.84 Å². The number of ether oxygens (including phenoxy) is 1. The van der Waals surface area contributed by atoms with Crippen LogP contribution in [0.15, 0.2) is 6.07 Å². The summed E-state index contributed by atoms with van der Waals surface area (Å²) in [7, 11) is 1.90. The van der Waals surface area contributed by atoms with Gasteiger partial charge in [-0.25, -0.2) is 0 Å². The third-order valence-corrected chi connectivity index (χ3v) is 2.73. The molecule has 1 aromatic rings. The van der Waals surface area contributed by atoms with Gasteiger partial charge in [0.25, 0.3) is 0 Å². The Bertz CT molecular complexity index is 323. The highest BCUT2D eigenvalue weighted by Gasteiger charge is 2.19. The SMILES string of the molecule is CCOC(CC)C(O)Cc1cc(C)nn1C. The molecule has 1 aromatic heterocycles. The molecule has 0 radical (unpaired) electrons. The Morgan fingerprint density at radius 1 is 1.50 bits per heavy atom. The fourth-order valence-electron chi connectivity index (χ4n) is 1.92. The molecular formula is C12H22N2O2. The molecule has 1 heterocycles. The minimum absolute atomic E-state index is 0.0831. The molecular weight excluding hydrogens is 204 g/mol. The quantitative estimate of drug-likeness (QED) is 0.798. The lowest BCUT2D eigenvalue weighted by molar-refractivity contribution is -0.0341. The van der Waals surface area contributed by atoms with Crippen molar-refractivity contribution in [1.29, 1.82) is 0 Å². The van der Waals surface area contributed by atoms with Crippen LogP contribution >= 0.6 is 0 Å². The fourth-order valence-corrected chi connectivity index (χ4v) is 1.92. The Labute approximate surface area is 97.2 Å². The van der Waals surface area contributed by atoms with Gasteiger partial charge in [0.05, 0.1) is 17.9 Å². The molecule has 2 unspecified atom stereocenters. The van der Waals surface area contributed by atoms with E-state index in [9.17, 15) is 5.11 Å². The number of aliphatic hydroxyl groups excluding tert-OH is 1. The molecule has 0 spiro atoms. The van der Waals surface area contributed by atoms with Gasteiger partial charge in [0, 0.05) is 25.8 Å². The van der Waals surface area contributed by atoms with Crippen molar-refractivity contribution in [2.24, 2.45) is 7.05 Å². The average Bonchev–Trinajstić information content (AvgIpc) is 2.53. The monoisotopic (exact) mass is 226 g/mol. The highest BCUT2D eigenvalue weighted by atomic mass is 16.5. The zero-order valence-corrected chi connectivity index (χ0v) is 10.6. The second-order valence-corrected chi connectivity index (χ2v) is 4.07. The molecule has 0 fully saturated rings. The van der Waals surface area contributed by atoms with Gasteiger partial charge in [0.2, 0.25) is 0 Å². The van der Waals surface area contributed by atoms with Gasteiger partial charge in [-0.3, -0.25) is 4.68 Å². The van der Waals surface area contributed by atoms with Gasteiger partial charge >= 0.3 is 0 Å². The van der Waals surface area contributed by atoms with Crippen molar-refractivity contribution in [2.75, 3.05) is 6.61 Å². The number of aryl methyl sites for hydroxylation is 2. The molecule has 1 rings (SSSR count). The third kappa shape index (κ3) is 3.32. The predicted molar refractivity (Wildman–Crippen MR) is 63.4 cm³/mol. The maximum Gasteiger partial charge on any atom is 0.0856 e. The van der Waals surface area contributed by atoms with Crippen LogP contribution < -0.4 is 0 Å². The normalized spacial score (nSPS) is 15.1. The van der Waals surface area contributed by atoms with Crippen LogP contribution in [0.5, 0.6) is 0 Å². The van der Waals surface area contributed by atoms with Crippen molar-refractivity contribution in [1.82, 2.24) is 9.78 Å². The van der Waals surface area contributed by atoms with Gasteiger partial charge < -0.3 is 9.84 Å². The smallest absolute Gasteiger partial charge is 0.0856 e. The van der Waals surface area contributed by atoms with Gasteiger partial charge in [-0.2, -0.15) is 5.10 Å². The maximum atomic E-state index is 10.1. The van der Waals surface area contributed by atoms with Gasteiger partial charge in [0.1, 0.15) is 0 Å². The van der Waals surface area contributed by atoms with Crippen LogP contribution in [0, 0.1) is 6.92 Å². The Hall–Kier alpha value is -0.870. The molecule has 4 nitrogen and oxygen atoms in total. The second kappa shape index (κ2) is 6.01. The Kier molecular flexibility index (Phi) is 4.96. The van der Waals surface area contributed by atoms with E-state index in [1.807, 2.05) is 38.6 Å². The number of hydrogen-bond donors (Lipinski definition) is 1. The molecule has 4 heteroatoms. The minimum atomic E-state index is -0.459. The largest absolute Gasteiger partial charge is 0.390 e. The Balaban J connectivity index is 2.62. The van der Waals surface area contributed by atoms with E-state index in [0.29, 0.717) is 13.0 Å². The first-order chi connectivity index (χ1) is 7.58. The van der Waals surface area contributed by atoms with Crippen LogP contribution in [0.1, 0.15) is 31.7 Å². The fraction of sp³-hybridized carbons (Fsp3) is 0.750. The molecule has 0 aliphatic heterocycles. The van der Waals surface area contributed by atoms with Gasteiger partial charge in [-0.05, 0) is 26.3 Å². The summed E-state index contributed by atoms with van der Waals surface area (Å²) in [6, 6.07) is 2.00. The zero-order valence-electron chi connectivity index (χ0n) is 10.6. The first kappa shape index (κ1) is 13.2. The minimum Gasteiger partial charge on any atom is -0.390 e. The summed E-state index contributed by atoms with van der Waals surface area (Å²) in [5.41, 5.74) is 2.03. The summed E-state index contributed by atoms with van der Waals surface area (Å²) < 4.78 is 7.31. The lowest BCUT2D eigenvalue weighted by atomic mass is 10.1. The number of hydrogen-bond acceptors (Lipinski definition) is 3. The van der Waals surface area contributed by atoms with E-state index in [1.165, 1.54) is 0 Å². The molecule has 0 saturated carbocycles. The molecule has 0 aromatic carbocycles. The third-order valence-electron chi connectivity index (χ3n) is 2.73. The number of aromatic nitrogens is 2. The molecule has 0 bridgehead atoms. The van der Waals surface area contributed by atoms with Crippen LogP contribution in [-0.2, 0) is 18.2 Å². The lowest BCUT2D eigenvalue weighted by Gasteiger charge is -2.21. The second-order valence-electron chi connectivity index (χ2n) is 4.07. The summed E-state index contributed by atoms with van der Waals surface area (Å²) in [6.07, 6.45) is 0.877. The molecule has 1 N–H and O–H groups in total. The van der Waals surface area contributed by atoms with Crippen molar-refractivity contribution >= 4 is 0 Å². The topological polar surface area (TPSA) is 47.3 Å². The molecule has 2 atom stereocenters. The number of nitrogens with zero attached hydrogens (tertiary/aromatic N) is 2. The van der Waals surface area contributed by atoms with Crippen LogP contribution in [-0.4, -0.2) is 33.7 Å². The van der Waals surface area contributed by atoms with Crippen LogP contribution in [0.25, 0.3) is 0 Å². The van der Waals surface area contributed by atoms with Gasteiger partial charge in [-0.15, -0.1) is 0 Å². The molecule has 92 valence electrons. The summed E-state index contributed by atoms with van der Waals surface area (Å²) >= 11 is 0. The standard InChI is InChI=1S/C12H22N2O2/c1-5-12(16-6-2)11(15)8-10-7-9(3)13-14(10)4/h7,11-12,15H,5-6,8H2,1-4H3. The van der Waals surface area contributed by atoms with Crippen LogP contribution in [0.3, 0.4) is 0 Å². The summed E-state index contributed by atoms with van der Waals surface area (Å²) in [6.45, 7) is 6.57. The first-order valence-electron chi connectivity index (χ1n) is 5.87. The Morgan fingerprint density at radius 2 is 2.19 bits per heavy atom. The van der Waals surface area contributed by atoms with Crippen molar-refractivity contribution in [3.63, 3.8) is 0 Å². The van der Waals surface area contributed by atoms with E-state index in [1.54, 1.807) is 0 Å². The summed E-state index contributed by atoms with van der Waals surface area (Å²) in [5.74, 6) is 0. The zero-order chi connectivity index (χ0) is 12.1. The van der Waals surface area contributed by atoms with E-state index in [2.05, 4.69) is 5.10 Å². The highest BCUT2D eigenvalue weighted by molar-refractivity contribution is 5.09. The van der Waals surface area contributed by atoms with Gasteiger partial charge in [-0.1, -0.05) is 6.92 Å². The average molecular weight is 226 g/mol. The van der Waals surface area contributed by atoms with E-state index < -0.39 is 6.10 Å². The van der Waals surface area contributed by atoms with Crippen LogP contribution in [0.4, 0.5) is 0 Å². The molecule has 0 saturated heterocycles. The predicted octanol–water partition coefficient (Wildman–Crippen LogP) is 1.45. The van der Waals surface area contributed by atoms with Crippen LogP contribution in [0.2, 0.25) is 0 Å². The van der Waals surface area contributed by atoms with E-state index in [-0.39, 0.29) is 6.10 Å². The number of rotatable bonds is 6. The summed E-state index contributed by atoms with van der Waals surface area (Å²) in [4.78, 5) is 0. The van der Waals surface area contributed by atoms with Crippen molar-refractivity contribution in [3.05, 3.63) is 17.5 Å². The molecule has 0 amide bonds.